The van der Waals surface area contributed by atoms with E-state index >= 15 is 0 Å². The molecule has 14 heavy (non-hydrogen) atoms. The molecule has 2 aliphatic carbocycles. The zero-order valence-corrected chi connectivity index (χ0v) is 6.94. The molecule has 0 aromatic heterocycles. The van der Waals surface area contributed by atoms with E-state index in [1.165, 1.54) is 0 Å². The molecule has 0 aromatic rings. The van der Waals surface area contributed by atoms with Crippen molar-refractivity contribution in [2.45, 2.75) is 24.2 Å². The van der Waals surface area contributed by atoms with Gasteiger partial charge >= 0.3 is 0 Å². The van der Waals surface area contributed by atoms with E-state index in [1.54, 1.807) is 0 Å². The Morgan fingerprint density at radius 3 is 1.00 bits per heavy atom. The smallest absolute Gasteiger partial charge is 0.219 e. The summed E-state index contributed by atoms with van der Waals surface area (Å²) in [7, 11) is 0. The summed E-state index contributed by atoms with van der Waals surface area (Å²) in [6.07, 6.45) is 0. The Kier molecular flexibility index (Phi) is 1.22. The zero-order valence-electron chi connectivity index (χ0n) is 6.94. The summed E-state index contributed by atoms with van der Waals surface area (Å²) in [5, 5.41) is 5.42. The van der Waals surface area contributed by atoms with Crippen LogP contribution in [0.3, 0.4) is 0 Å². The first-order valence-corrected chi connectivity index (χ1v) is 4.29. The highest BCUT2D eigenvalue weighted by Crippen LogP contribution is 2.25. The molecule has 3 aliphatic rings. The van der Waals surface area contributed by atoms with Gasteiger partial charge in [0, 0.05) is 0 Å². The third-order valence-corrected chi connectivity index (χ3v) is 3.00. The molecule has 2 N–H and O–H groups in total. The van der Waals surface area contributed by atoms with Crippen LogP contribution in [0.5, 0.6) is 0 Å². The van der Waals surface area contributed by atoms with Gasteiger partial charge in [-0.3, -0.25) is 29.8 Å². The molecule has 6 heteroatoms. The van der Waals surface area contributed by atoms with E-state index in [4.69, 9.17) is 0 Å². The number of carbonyl (C=O) groups excluding carboxylic acids is 4. The summed E-state index contributed by atoms with van der Waals surface area (Å²) < 4.78 is 0. The van der Waals surface area contributed by atoms with Gasteiger partial charge in [-0.15, -0.1) is 0 Å². The molecular weight excluding hydrogens is 188 g/mol. The quantitative estimate of drug-likeness (QED) is 0.398. The molecule has 1 heterocycles. The maximum Gasteiger partial charge on any atom is 0.219 e. The molecule has 0 bridgehead atoms. The van der Waals surface area contributed by atoms with Gasteiger partial charge in [0.1, 0.15) is 0 Å². The number of carbonyl (C=O) groups is 4. The van der Waals surface area contributed by atoms with Crippen molar-refractivity contribution in [1.82, 2.24) is 10.6 Å². The number of hydrogen-bond donors (Lipinski definition) is 2. The largest absolute Gasteiger partial charge is 0.294 e. The van der Waals surface area contributed by atoms with Crippen LogP contribution in [0.25, 0.3) is 0 Å². The average molecular weight is 194 g/mol. The van der Waals surface area contributed by atoms with Crippen LogP contribution in [0, 0.1) is 0 Å². The molecule has 72 valence electrons. The first kappa shape index (κ1) is 7.95. The number of hydrogen-bond acceptors (Lipinski definition) is 6. The first-order chi connectivity index (χ1) is 6.61. The van der Waals surface area contributed by atoms with Gasteiger partial charge < -0.3 is 0 Å². The Balaban J connectivity index is 1.86. The SMILES string of the molecule is O=C1C(=O)C2NC3C(=O)C(=O)C3NC12. The van der Waals surface area contributed by atoms with Crippen molar-refractivity contribution >= 4 is 23.1 Å². The number of Topliss-reactive ketones (excluding diaryl/α,β-unsaturated/α-hetero) is 4. The Labute approximate surface area is 78.0 Å². The van der Waals surface area contributed by atoms with Crippen LogP contribution in [0.15, 0.2) is 0 Å². The van der Waals surface area contributed by atoms with Crippen LogP contribution in [-0.2, 0) is 19.2 Å². The molecule has 4 atom stereocenters. The van der Waals surface area contributed by atoms with Crippen molar-refractivity contribution in [2.24, 2.45) is 0 Å². The van der Waals surface area contributed by atoms with E-state index in [9.17, 15) is 19.2 Å². The summed E-state index contributed by atoms with van der Waals surface area (Å²) in [5.41, 5.74) is 0. The molecule has 3 rings (SSSR count). The van der Waals surface area contributed by atoms with Crippen LogP contribution < -0.4 is 10.6 Å². The maximum absolute atomic E-state index is 11.0. The van der Waals surface area contributed by atoms with Gasteiger partial charge in [0.25, 0.3) is 0 Å². The molecule has 3 fully saturated rings. The van der Waals surface area contributed by atoms with Gasteiger partial charge in [-0.25, -0.2) is 0 Å². The molecule has 0 aromatic carbocycles. The minimum Gasteiger partial charge on any atom is -0.294 e. The van der Waals surface area contributed by atoms with Gasteiger partial charge in [-0.05, 0) is 0 Å². The minimum atomic E-state index is -0.610. The van der Waals surface area contributed by atoms with Crippen LogP contribution in [0.1, 0.15) is 0 Å². The predicted octanol–water partition coefficient (Wildman–Crippen LogP) is -3.04. The molecule has 1 saturated heterocycles. The molecule has 4 unspecified atom stereocenters. The summed E-state index contributed by atoms with van der Waals surface area (Å²) in [5.74, 6) is -2.03. The minimum absolute atomic E-state index is 0.506. The predicted molar refractivity (Wildman–Crippen MR) is 41.5 cm³/mol. The standard InChI is InChI=1S/C8H6N2O4/c11-5-1-2(6(5)12)10-4-3(9-1)7(13)8(4)14/h1-4,9-10H. The summed E-state index contributed by atoms with van der Waals surface area (Å²) in [6, 6.07) is -2.44. The van der Waals surface area contributed by atoms with E-state index in [-0.39, 0.29) is 0 Å². The van der Waals surface area contributed by atoms with Gasteiger partial charge in [0.15, 0.2) is 0 Å². The van der Waals surface area contributed by atoms with Crippen LogP contribution in [0.2, 0.25) is 0 Å². The molecule has 1 aliphatic heterocycles. The topological polar surface area (TPSA) is 92.3 Å². The van der Waals surface area contributed by atoms with Gasteiger partial charge in [0.05, 0.1) is 24.2 Å². The molecular formula is C8H6N2O4. The van der Waals surface area contributed by atoms with Crippen molar-refractivity contribution in [2.75, 3.05) is 0 Å². The molecule has 0 amide bonds. The molecule has 6 nitrogen and oxygen atoms in total. The Morgan fingerprint density at radius 2 is 0.786 bits per heavy atom. The lowest BCUT2D eigenvalue weighted by atomic mass is 9.72. The van der Waals surface area contributed by atoms with E-state index in [1.807, 2.05) is 0 Å². The van der Waals surface area contributed by atoms with E-state index in [0.29, 0.717) is 0 Å². The highest BCUT2D eigenvalue weighted by Gasteiger charge is 2.62. The van der Waals surface area contributed by atoms with Crippen molar-refractivity contribution in [3.63, 3.8) is 0 Å². The number of fused-ring (bicyclic) bond motifs is 2. The van der Waals surface area contributed by atoms with Crippen molar-refractivity contribution in [3.05, 3.63) is 0 Å². The lowest BCUT2D eigenvalue weighted by molar-refractivity contribution is -0.157. The third kappa shape index (κ3) is 0.656. The normalized spacial score (nSPS) is 45.1. The molecule has 0 radical (unpaired) electrons. The lowest BCUT2D eigenvalue weighted by Gasteiger charge is -2.49. The fraction of sp³-hybridized carbons (Fsp3) is 0.500. The second kappa shape index (κ2) is 2.15. The Morgan fingerprint density at radius 1 is 0.571 bits per heavy atom. The summed E-state index contributed by atoms with van der Waals surface area (Å²) in [6.45, 7) is 0. The first-order valence-electron chi connectivity index (χ1n) is 4.29. The summed E-state index contributed by atoms with van der Waals surface area (Å²) in [4.78, 5) is 44.0. The Hall–Kier alpha value is -1.40. The highest BCUT2D eigenvalue weighted by molar-refractivity contribution is 6.52. The van der Waals surface area contributed by atoms with Gasteiger partial charge in [-0.2, -0.15) is 0 Å². The van der Waals surface area contributed by atoms with Crippen LogP contribution >= 0.6 is 0 Å². The lowest BCUT2D eigenvalue weighted by Crippen LogP contribution is -2.85. The van der Waals surface area contributed by atoms with Crippen molar-refractivity contribution in [3.8, 4) is 0 Å². The molecule has 0 spiro atoms. The number of piperazine rings is 1. The number of nitrogens with one attached hydrogen (secondary N) is 2. The highest BCUT2D eigenvalue weighted by atomic mass is 16.2. The van der Waals surface area contributed by atoms with E-state index in [0.717, 1.165) is 0 Å². The Bertz CT molecular complexity index is 328. The second-order valence-corrected chi connectivity index (χ2v) is 3.70. The van der Waals surface area contributed by atoms with Crippen molar-refractivity contribution < 1.29 is 19.2 Å². The monoisotopic (exact) mass is 194 g/mol. The van der Waals surface area contributed by atoms with Gasteiger partial charge in [0.2, 0.25) is 23.1 Å². The third-order valence-electron chi connectivity index (χ3n) is 3.00. The number of ketones is 4. The van der Waals surface area contributed by atoms with Crippen molar-refractivity contribution in [1.29, 1.82) is 0 Å². The molecule has 2 saturated carbocycles. The van der Waals surface area contributed by atoms with Crippen LogP contribution in [-0.4, -0.2) is 47.3 Å². The van der Waals surface area contributed by atoms with E-state index < -0.39 is 47.3 Å². The fourth-order valence-corrected chi connectivity index (χ4v) is 2.10. The van der Waals surface area contributed by atoms with E-state index in [2.05, 4.69) is 10.6 Å². The van der Waals surface area contributed by atoms with Gasteiger partial charge in [-0.1, -0.05) is 0 Å². The second-order valence-electron chi connectivity index (χ2n) is 3.70. The maximum atomic E-state index is 11.0. The zero-order chi connectivity index (χ0) is 10.0. The fourth-order valence-electron chi connectivity index (χ4n) is 2.10. The average Bonchev–Trinajstić information content (AvgIpc) is 2.24. The van der Waals surface area contributed by atoms with Crippen LogP contribution in [0.4, 0.5) is 0 Å². The number of rotatable bonds is 0. The summed E-state index contributed by atoms with van der Waals surface area (Å²) >= 11 is 0.